The number of nitrogens with one attached hydrogen (secondary N) is 1. The van der Waals surface area contributed by atoms with Gasteiger partial charge in [-0.15, -0.1) is 0 Å². The van der Waals surface area contributed by atoms with Crippen LogP contribution in [0.3, 0.4) is 0 Å². The molecule has 110 valence electrons. The maximum Gasteiger partial charge on any atom is 0.225 e. The van der Waals surface area contributed by atoms with Crippen LogP contribution < -0.4 is 5.32 Å². The Hall–Kier alpha value is -1.64. The molecule has 0 saturated carbocycles. The summed E-state index contributed by atoms with van der Waals surface area (Å²) >= 11 is 0. The highest BCUT2D eigenvalue weighted by Crippen LogP contribution is 2.21. The first-order chi connectivity index (χ1) is 9.25. The molecule has 3 heteroatoms. The summed E-state index contributed by atoms with van der Waals surface area (Å²) in [5.41, 5.74) is 1.83. The zero-order chi connectivity index (χ0) is 15.3. The molecule has 1 rings (SSSR count). The number of aryl methyl sites for hydroxylation is 1. The number of amides is 1. The van der Waals surface area contributed by atoms with Gasteiger partial charge in [-0.1, -0.05) is 52.0 Å². The third-order valence-electron chi connectivity index (χ3n) is 3.45. The Bertz CT molecular complexity index is 486. The minimum atomic E-state index is -0.427. The van der Waals surface area contributed by atoms with Gasteiger partial charge in [0.05, 0.1) is 12.5 Å². The van der Waals surface area contributed by atoms with Gasteiger partial charge in [-0.25, -0.2) is 0 Å². The van der Waals surface area contributed by atoms with Crippen LogP contribution in [0.5, 0.6) is 0 Å². The van der Waals surface area contributed by atoms with Crippen LogP contribution in [-0.2, 0) is 16.0 Å². The smallest absolute Gasteiger partial charge is 0.225 e. The minimum absolute atomic E-state index is 0.0793. The monoisotopic (exact) mass is 275 g/mol. The van der Waals surface area contributed by atoms with Crippen molar-refractivity contribution >= 4 is 11.7 Å². The van der Waals surface area contributed by atoms with Gasteiger partial charge in [0.15, 0.2) is 5.78 Å². The van der Waals surface area contributed by atoms with E-state index in [1.807, 2.05) is 58.9 Å². The van der Waals surface area contributed by atoms with Crippen molar-refractivity contribution in [2.45, 2.75) is 53.5 Å². The van der Waals surface area contributed by atoms with Gasteiger partial charge >= 0.3 is 0 Å². The van der Waals surface area contributed by atoms with Crippen molar-refractivity contribution in [3.05, 3.63) is 35.4 Å². The Kier molecular flexibility index (Phi) is 5.49. The van der Waals surface area contributed by atoms with Gasteiger partial charge in [0.25, 0.3) is 0 Å². The molecule has 1 amide bonds. The SMILES string of the molecule is CCC(=O)C(NC(=O)Cc1ccccc1C)C(C)(C)C. The van der Waals surface area contributed by atoms with E-state index in [0.717, 1.165) is 11.1 Å². The van der Waals surface area contributed by atoms with E-state index in [2.05, 4.69) is 5.32 Å². The number of Topliss-reactive ketones (excluding diaryl/α,β-unsaturated/α-hetero) is 1. The summed E-state index contributed by atoms with van der Waals surface area (Å²) in [5, 5.41) is 2.89. The predicted molar refractivity (Wildman–Crippen MR) is 81.6 cm³/mol. The fourth-order valence-electron chi connectivity index (χ4n) is 2.18. The number of ketones is 1. The Balaban J connectivity index is 2.78. The number of hydrogen-bond donors (Lipinski definition) is 1. The molecule has 1 unspecified atom stereocenters. The summed E-state index contributed by atoms with van der Waals surface area (Å²) in [6.07, 6.45) is 0.753. The minimum Gasteiger partial charge on any atom is -0.345 e. The number of carbonyl (C=O) groups excluding carboxylic acids is 2. The molecular formula is C17H25NO2. The van der Waals surface area contributed by atoms with Gasteiger partial charge < -0.3 is 5.32 Å². The summed E-state index contributed by atoms with van der Waals surface area (Å²) in [6, 6.07) is 7.39. The Morgan fingerprint density at radius 2 is 1.80 bits per heavy atom. The maximum absolute atomic E-state index is 12.2. The third-order valence-corrected chi connectivity index (χ3v) is 3.45. The molecular weight excluding hydrogens is 250 g/mol. The van der Waals surface area contributed by atoms with Crippen LogP contribution >= 0.6 is 0 Å². The fraction of sp³-hybridized carbons (Fsp3) is 0.529. The van der Waals surface area contributed by atoms with E-state index >= 15 is 0 Å². The van der Waals surface area contributed by atoms with Gasteiger partial charge in [-0.05, 0) is 23.5 Å². The maximum atomic E-state index is 12.2. The van der Waals surface area contributed by atoms with Crippen molar-refractivity contribution in [2.75, 3.05) is 0 Å². The van der Waals surface area contributed by atoms with Crippen LogP contribution in [0, 0.1) is 12.3 Å². The highest BCUT2D eigenvalue weighted by atomic mass is 16.2. The van der Waals surface area contributed by atoms with Gasteiger partial charge in [0.2, 0.25) is 5.91 Å². The average Bonchev–Trinajstić information content (AvgIpc) is 2.36. The summed E-state index contributed by atoms with van der Waals surface area (Å²) in [4.78, 5) is 24.2. The molecule has 0 heterocycles. The molecule has 3 nitrogen and oxygen atoms in total. The Morgan fingerprint density at radius 3 is 2.30 bits per heavy atom. The van der Waals surface area contributed by atoms with Crippen molar-refractivity contribution in [3.63, 3.8) is 0 Å². The van der Waals surface area contributed by atoms with Crippen molar-refractivity contribution in [3.8, 4) is 0 Å². The van der Waals surface area contributed by atoms with Crippen molar-refractivity contribution < 1.29 is 9.59 Å². The number of benzene rings is 1. The lowest BCUT2D eigenvalue weighted by atomic mass is 9.83. The van der Waals surface area contributed by atoms with Crippen molar-refractivity contribution in [1.82, 2.24) is 5.32 Å². The van der Waals surface area contributed by atoms with Crippen LogP contribution in [0.4, 0.5) is 0 Å². The molecule has 1 aromatic rings. The molecule has 1 N–H and O–H groups in total. The highest BCUT2D eigenvalue weighted by Gasteiger charge is 2.31. The molecule has 0 radical (unpaired) electrons. The zero-order valence-corrected chi connectivity index (χ0v) is 13.1. The van der Waals surface area contributed by atoms with Crippen LogP contribution in [0.2, 0.25) is 0 Å². The van der Waals surface area contributed by atoms with E-state index in [1.165, 1.54) is 0 Å². The van der Waals surface area contributed by atoms with Crippen LogP contribution in [0.15, 0.2) is 24.3 Å². The second-order valence-electron chi connectivity index (χ2n) is 6.29. The highest BCUT2D eigenvalue weighted by molar-refractivity contribution is 5.90. The van der Waals surface area contributed by atoms with Crippen LogP contribution in [0.25, 0.3) is 0 Å². The van der Waals surface area contributed by atoms with Crippen LogP contribution in [-0.4, -0.2) is 17.7 Å². The molecule has 0 aliphatic carbocycles. The second kappa shape index (κ2) is 6.69. The molecule has 0 aliphatic rings. The van der Waals surface area contributed by atoms with E-state index in [0.29, 0.717) is 12.8 Å². The summed E-state index contributed by atoms with van der Waals surface area (Å²) in [7, 11) is 0. The molecule has 0 spiro atoms. The lowest BCUT2D eigenvalue weighted by Crippen LogP contribution is -2.49. The summed E-state index contributed by atoms with van der Waals surface area (Å²) in [5.74, 6) is -0.0170. The molecule has 0 aromatic heterocycles. The van der Waals surface area contributed by atoms with E-state index in [9.17, 15) is 9.59 Å². The lowest BCUT2D eigenvalue weighted by molar-refractivity contribution is -0.129. The predicted octanol–water partition coefficient (Wildman–Crippen LogP) is 3.05. The first-order valence-corrected chi connectivity index (χ1v) is 7.12. The zero-order valence-electron chi connectivity index (χ0n) is 13.1. The molecule has 1 aromatic carbocycles. The fourth-order valence-corrected chi connectivity index (χ4v) is 2.18. The van der Waals surface area contributed by atoms with Gasteiger partial charge in [-0.2, -0.15) is 0 Å². The van der Waals surface area contributed by atoms with Crippen molar-refractivity contribution in [1.29, 1.82) is 0 Å². The van der Waals surface area contributed by atoms with Crippen LogP contribution in [0.1, 0.15) is 45.2 Å². The summed E-state index contributed by atoms with van der Waals surface area (Å²) < 4.78 is 0. The quantitative estimate of drug-likeness (QED) is 0.897. The molecule has 0 bridgehead atoms. The molecule has 0 aliphatic heterocycles. The van der Waals surface area contributed by atoms with Gasteiger partial charge in [0.1, 0.15) is 0 Å². The normalized spacial score (nSPS) is 12.8. The van der Waals surface area contributed by atoms with E-state index in [4.69, 9.17) is 0 Å². The first kappa shape index (κ1) is 16.4. The Morgan fingerprint density at radius 1 is 1.20 bits per heavy atom. The number of carbonyl (C=O) groups is 2. The average molecular weight is 275 g/mol. The topological polar surface area (TPSA) is 46.2 Å². The van der Waals surface area contributed by atoms with E-state index < -0.39 is 6.04 Å². The molecule has 0 fully saturated rings. The number of hydrogen-bond acceptors (Lipinski definition) is 2. The Labute approximate surface area is 121 Å². The molecule has 1 atom stereocenters. The standard InChI is InChI=1S/C17H25NO2/c1-6-14(19)16(17(3,4)5)18-15(20)11-13-10-8-7-9-12(13)2/h7-10,16H,6,11H2,1-5H3,(H,18,20). The third kappa shape index (κ3) is 4.48. The summed E-state index contributed by atoms with van der Waals surface area (Å²) in [6.45, 7) is 9.73. The van der Waals surface area contributed by atoms with E-state index in [1.54, 1.807) is 0 Å². The van der Waals surface area contributed by atoms with Crippen molar-refractivity contribution in [2.24, 2.45) is 5.41 Å². The lowest BCUT2D eigenvalue weighted by Gasteiger charge is -2.30. The number of rotatable bonds is 5. The molecule has 0 saturated heterocycles. The van der Waals surface area contributed by atoms with E-state index in [-0.39, 0.29) is 17.1 Å². The first-order valence-electron chi connectivity index (χ1n) is 7.12. The van der Waals surface area contributed by atoms with Gasteiger partial charge in [0, 0.05) is 6.42 Å². The molecule has 20 heavy (non-hydrogen) atoms. The second-order valence-corrected chi connectivity index (χ2v) is 6.29. The van der Waals surface area contributed by atoms with Gasteiger partial charge in [-0.3, -0.25) is 9.59 Å². The largest absolute Gasteiger partial charge is 0.345 e.